The van der Waals surface area contributed by atoms with Crippen LogP contribution in [0.25, 0.3) is 0 Å². The summed E-state index contributed by atoms with van der Waals surface area (Å²) in [5.41, 5.74) is 1.74. The molecule has 2 amide bonds. The highest BCUT2D eigenvalue weighted by molar-refractivity contribution is 5.95. The summed E-state index contributed by atoms with van der Waals surface area (Å²) in [6.45, 7) is 4.04. The molecule has 0 bridgehead atoms. The molecule has 2 N–H and O–H groups in total. The van der Waals surface area contributed by atoms with Crippen molar-refractivity contribution in [3.05, 3.63) is 47.2 Å². The van der Waals surface area contributed by atoms with Crippen LogP contribution in [-0.4, -0.2) is 41.1 Å². The molecule has 1 unspecified atom stereocenters. The molecule has 1 heterocycles. The van der Waals surface area contributed by atoms with Crippen molar-refractivity contribution in [3.63, 3.8) is 0 Å². The minimum Gasteiger partial charge on any atom is -0.481 e. The molecule has 7 nitrogen and oxygen atoms in total. The normalized spacial score (nSPS) is 17.1. The van der Waals surface area contributed by atoms with Crippen molar-refractivity contribution in [3.8, 4) is 0 Å². The SMILES string of the molecule is CCOC(=O)C1=C(C)N(CCCCC(=O)O)C(=O)NC1c1ccccc1. The summed E-state index contributed by atoms with van der Waals surface area (Å²) >= 11 is 0. The van der Waals surface area contributed by atoms with E-state index in [1.807, 2.05) is 30.3 Å². The molecule has 7 heteroatoms. The van der Waals surface area contributed by atoms with Crippen molar-refractivity contribution in [1.29, 1.82) is 0 Å². The van der Waals surface area contributed by atoms with E-state index in [0.717, 1.165) is 5.56 Å². The number of allylic oxidation sites excluding steroid dienone is 1. The lowest BCUT2D eigenvalue weighted by molar-refractivity contribution is -0.139. The molecule has 0 radical (unpaired) electrons. The van der Waals surface area contributed by atoms with Gasteiger partial charge in [0.15, 0.2) is 0 Å². The molecule has 1 aromatic rings. The molecule has 0 spiro atoms. The number of urea groups is 1. The van der Waals surface area contributed by atoms with Gasteiger partial charge in [-0.15, -0.1) is 0 Å². The van der Waals surface area contributed by atoms with Gasteiger partial charge < -0.3 is 15.2 Å². The van der Waals surface area contributed by atoms with Gasteiger partial charge in [0, 0.05) is 18.7 Å². The van der Waals surface area contributed by atoms with Crippen LogP contribution in [0.5, 0.6) is 0 Å². The standard InChI is InChI=1S/C19H24N2O5/c1-3-26-18(24)16-13(2)21(12-8-7-11-15(22)23)19(25)20-17(16)14-9-5-4-6-10-14/h4-6,9-10,17H,3,7-8,11-12H2,1-2H3,(H,20,25)(H,22,23). The van der Waals surface area contributed by atoms with Crippen LogP contribution in [0.3, 0.4) is 0 Å². The molecule has 1 atom stereocenters. The average Bonchev–Trinajstić information content (AvgIpc) is 2.61. The van der Waals surface area contributed by atoms with E-state index < -0.39 is 18.0 Å². The maximum Gasteiger partial charge on any atom is 0.338 e. The Bertz CT molecular complexity index is 699. The quantitative estimate of drug-likeness (QED) is 0.549. The van der Waals surface area contributed by atoms with Gasteiger partial charge in [0.25, 0.3) is 0 Å². The van der Waals surface area contributed by atoms with Gasteiger partial charge in [-0.1, -0.05) is 30.3 Å². The van der Waals surface area contributed by atoms with Crippen molar-refractivity contribution in [2.45, 2.75) is 39.2 Å². The van der Waals surface area contributed by atoms with E-state index >= 15 is 0 Å². The van der Waals surface area contributed by atoms with Gasteiger partial charge in [-0.25, -0.2) is 9.59 Å². The average molecular weight is 360 g/mol. The Kier molecular flexibility index (Phi) is 6.77. The molecule has 0 aromatic heterocycles. The number of unbranched alkanes of at least 4 members (excludes halogenated alkanes) is 1. The molecule has 1 aliphatic rings. The number of aliphatic carboxylic acids is 1. The lowest BCUT2D eigenvalue weighted by Crippen LogP contribution is -2.48. The number of hydrogen-bond acceptors (Lipinski definition) is 4. The second-order valence-electron chi connectivity index (χ2n) is 6.02. The number of benzene rings is 1. The number of carboxylic acid groups (broad SMARTS) is 1. The zero-order valence-electron chi connectivity index (χ0n) is 15.0. The van der Waals surface area contributed by atoms with E-state index in [9.17, 15) is 14.4 Å². The van der Waals surface area contributed by atoms with Crippen molar-refractivity contribution >= 4 is 18.0 Å². The van der Waals surface area contributed by atoms with Crippen molar-refractivity contribution < 1.29 is 24.2 Å². The first kappa shape index (κ1) is 19.5. The van der Waals surface area contributed by atoms with Gasteiger partial charge in [-0.2, -0.15) is 0 Å². The van der Waals surface area contributed by atoms with Gasteiger partial charge in [-0.3, -0.25) is 9.69 Å². The van der Waals surface area contributed by atoms with Gasteiger partial charge in [0.2, 0.25) is 0 Å². The molecular weight excluding hydrogens is 336 g/mol. The van der Waals surface area contributed by atoms with Crippen LogP contribution < -0.4 is 5.32 Å². The fraction of sp³-hybridized carbons (Fsp3) is 0.421. The van der Waals surface area contributed by atoms with E-state index in [2.05, 4.69) is 5.32 Å². The zero-order chi connectivity index (χ0) is 19.1. The van der Waals surface area contributed by atoms with E-state index in [0.29, 0.717) is 30.7 Å². The van der Waals surface area contributed by atoms with E-state index in [4.69, 9.17) is 9.84 Å². The zero-order valence-corrected chi connectivity index (χ0v) is 15.0. The van der Waals surface area contributed by atoms with Crippen LogP contribution in [0, 0.1) is 0 Å². The Morgan fingerprint density at radius 2 is 1.92 bits per heavy atom. The van der Waals surface area contributed by atoms with E-state index in [1.165, 1.54) is 4.90 Å². The summed E-state index contributed by atoms with van der Waals surface area (Å²) in [7, 11) is 0. The monoisotopic (exact) mass is 360 g/mol. The van der Waals surface area contributed by atoms with Crippen molar-refractivity contribution in [2.75, 3.05) is 13.2 Å². The molecule has 0 saturated carbocycles. The van der Waals surface area contributed by atoms with Crippen LogP contribution in [0.15, 0.2) is 41.6 Å². The molecule has 2 rings (SSSR count). The summed E-state index contributed by atoms with van der Waals surface area (Å²) in [4.78, 5) is 37.2. The smallest absolute Gasteiger partial charge is 0.338 e. The van der Waals surface area contributed by atoms with Gasteiger partial charge in [0.1, 0.15) is 0 Å². The topological polar surface area (TPSA) is 95.9 Å². The largest absolute Gasteiger partial charge is 0.481 e. The number of rotatable bonds is 8. The highest BCUT2D eigenvalue weighted by atomic mass is 16.5. The molecule has 0 fully saturated rings. The number of hydrogen-bond donors (Lipinski definition) is 2. The minimum absolute atomic E-state index is 0.0512. The van der Waals surface area contributed by atoms with Crippen LogP contribution >= 0.6 is 0 Å². The van der Waals surface area contributed by atoms with E-state index in [1.54, 1.807) is 13.8 Å². The van der Waals surface area contributed by atoms with E-state index in [-0.39, 0.29) is 19.1 Å². The molecule has 0 aliphatic carbocycles. The van der Waals surface area contributed by atoms with Crippen LogP contribution in [0.4, 0.5) is 4.79 Å². The lowest BCUT2D eigenvalue weighted by Gasteiger charge is -2.35. The number of nitrogens with one attached hydrogen (secondary N) is 1. The Labute approximate surface area is 152 Å². The third-order valence-corrected chi connectivity index (χ3v) is 4.25. The van der Waals surface area contributed by atoms with Crippen LogP contribution in [-0.2, 0) is 14.3 Å². The molecule has 140 valence electrons. The highest BCUT2D eigenvalue weighted by Crippen LogP contribution is 2.31. The Balaban J connectivity index is 2.28. The number of nitrogens with zero attached hydrogens (tertiary/aromatic N) is 1. The molecule has 1 aliphatic heterocycles. The third kappa shape index (κ3) is 4.62. The Morgan fingerprint density at radius 3 is 2.54 bits per heavy atom. The number of carboxylic acids is 1. The number of ether oxygens (including phenoxy) is 1. The van der Waals surface area contributed by atoms with Gasteiger partial charge in [0.05, 0.1) is 18.2 Å². The maximum atomic E-state index is 12.6. The summed E-state index contributed by atoms with van der Waals surface area (Å²) < 4.78 is 5.19. The predicted octanol–water partition coefficient (Wildman–Crippen LogP) is 2.84. The molecule has 0 saturated heterocycles. The number of amides is 2. The highest BCUT2D eigenvalue weighted by Gasteiger charge is 2.36. The predicted molar refractivity (Wildman–Crippen MR) is 95.2 cm³/mol. The molecule has 26 heavy (non-hydrogen) atoms. The summed E-state index contributed by atoms with van der Waals surface area (Å²) in [6.07, 6.45) is 1.04. The lowest BCUT2D eigenvalue weighted by atomic mass is 9.95. The number of carbonyl (C=O) groups is 3. The first-order valence-electron chi connectivity index (χ1n) is 8.68. The summed E-state index contributed by atoms with van der Waals surface area (Å²) in [6, 6.07) is 8.37. The summed E-state index contributed by atoms with van der Waals surface area (Å²) in [5.74, 6) is -1.33. The van der Waals surface area contributed by atoms with Crippen LogP contribution in [0.1, 0.15) is 44.7 Å². The fourth-order valence-corrected chi connectivity index (χ4v) is 2.97. The number of esters is 1. The number of carbonyl (C=O) groups excluding carboxylic acids is 2. The van der Waals surface area contributed by atoms with Crippen LogP contribution in [0.2, 0.25) is 0 Å². The first-order chi connectivity index (χ1) is 12.5. The molecule has 1 aromatic carbocycles. The molecular formula is C19H24N2O5. The minimum atomic E-state index is -0.864. The van der Waals surface area contributed by atoms with Gasteiger partial charge >= 0.3 is 18.0 Å². The summed E-state index contributed by atoms with van der Waals surface area (Å²) in [5, 5.41) is 11.6. The Hall–Kier alpha value is -2.83. The fourth-order valence-electron chi connectivity index (χ4n) is 2.97. The second-order valence-corrected chi connectivity index (χ2v) is 6.02. The maximum absolute atomic E-state index is 12.6. The van der Waals surface area contributed by atoms with Gasteiger partial charge in [-0.05, 0) is 32.3 Å². The van der Waals surface area contributed by atoms with Crippen molar-refractivity contribution in [2.24, 2.45) is 0 Å². The first-order valence-corrected chi connectivity index (χ1v) is 8.68. The second kappa shape index (κ2) is 9.03. The Morgan fingerprint density at radius 1 is 1.23 bits per heavy atom. The third-order valence-electron chi connectivity index (χ3n) is 4.25. The van der Waals surface area contributed by atoms with Crippen molar-refractivity contribution in [1.82, 2.24) is 10.2 Å².